The standard InChI is InChI=1S/C26H23F5N2O5S/c1-39-17-4-2-15(3-5-17)12-37-19-13-36-16(10-18(19)34)11-32-6-8-33(9-7-32)20(35)14-38-26-24(30)22(28)21(27)23(29)25(26)31/h2-5,10,13H,6-9,11-12,14H2,1H3. The van der Waals surface area contributed by atoms with Gasteiger partial charge in [-0.05, 0) is 24.0 Å². The van der Waals surface area contributed by atoms with Gasteiger partial charge in [0, 0.05) is 37.1 Å². The average Bonchev–Trinajstić information content (AvgIpc) is 2.95. The molecule has 7 nitrogen and oxygen atoms in total. The Balaban J connectivity index is 1.25. The zero-order valence-corrected chi connectivity index (χ0v) is 21.5. The largest absolute Gasteiger partial charge is 0.482 e. The molecule has 1 aliphatic heterocycles. The van der Waals surface area contributed by atoms with Crippen molar-refractivity contribution in [2.45, 2.75) is 18.0 Å². The number of halogens is 5. The summed E-state index contributed by atoms with van der Waals surface area (Å²) < 4.78 is 83.0. The lowest BCUT2D eigenvalue weighted by molar-refractivity contribution is -0.135. The Labute approximate surface area is 224 Å². The third kappa shape index (κ3) is 6.71. The number of ether oxygens (including phenoxy) is 2. The fourth-order valence-electron chi connectivity index (χ4n) is 3.82. The maximum absolute atomic E-state index is 13.7. The van der Waals surface area contributed by atoms with Crippen LogP contribution in [0, 0.1) is 29.1 Å². The lowest BCUT2D eigenvalue weighted by atomic mass is 10.2. The first-order chi connectivity index (χ1) is 18.7. The highest BCUT2D eigenvalue weighted by Crippen LogP contribution is 2.29. The minimum Gasteiger partial charge on any atom is -0.482 e. The Morgan fingerprint density at radius 1 is 0.923 bits per heavy atom. The van der Waals surface area contributed by atoms with E-state index in [1.165, 1.54) is 17.2 Å². The van der Waals surface area contributed by atoms with E-state index < -0.39 is 47.3 Å². The molecular weight excluding hydrogens is 547 g/mol. The predicted molar refractivity (Wildman–Crippen MR) is 131 cm³/mol. The summed E-state index contributed by atoms with van der Waals surface area (Å²) >= 11 is 1.62. The number of hydrogen-bond acceptors (Lipinski definition) is 7. The Morgan fingerprint density at radius 3 is 2.13 bits per heavy atom. The van der Waals surface area contributed by atoms with E-state index in [1.807, 2.05) is 35.4 Å². The topological polar surface area (TPSA) is 72.2 Å². The average molecular weight is 571 g/mol. The van der Waals surface area contributed by atoms with Gasteiger partial charge in [-0.1, -0.05) is 12.1 Å². The van der Waals surface area contributed by atoms with Crippen molar-refractivity contribution in [2.24, 2.45) is 0 Å². The number of carbonyl (C=O) groups excluding carboxylic acids is 1. The molecule has 0 bridgehead atoms. The molecule has 0 atom stereocenters. The number of carbonyl (C=O) groups is 1. The highest BCUT2D eigenvalue weighted by molar-refractivity contribution is 7.98. The van der Waals surface area contributed by atoms with Crippen LogP contribution in [0.4, 0.5) is 22.0 Å². The van der Waals surface area contributed by atoms with Crippen LogP contribution in [0.3, 0.4) is 0 Å². The lowest BCUT2D eigenvalue weighted by Gasteiger charge is -2.34. The second-order valence-corrected chi connectivity index (χ2v) is 9.44. The van der Waals surface area contributed by atoms with E-state index in [0.717, 1.165) is 10.5 Å². The highest BCUT2D eigenvalue weighted by Gasteiger charge is 2.28. The number of hydrogen-bond donors (Lipinski definition) is 0. The third-order valence-electron chi connectivity index (χ3n) is 6.02. The second kappa shape index (κ2) is 12.5. The minimum atomic E-state index is -2.31. The molecule has 0 spiro atoms. The molecular formula is C26H23F5N2O5S. The zero-order valence-electron chi connectivity index (χ0n) is 20.6. The van der Waals surface area contributed by atoms with Crippen LogP contribution in [0.1, 0.15) is 11.3 Å². The van der Waals surface area contributed by atoms with Gasteiger partial charge in [0.1, 0.15) is 18.6 Å². The van der Waals surface area contributed by atoms with Gasteiger partial charge in [0.15, 0.2) is 12.4 Å². The van der Waals surface area contributed by atoms with Gasteiger partial charge in [0.2, 0.25) is 40.3 Å². The van der Waals surface area contributed by atoms with Crippen LogP contribution >= 0.6 is 11.8 Å². The molecule has 1 aliphatic rings. The van der Waals surface area contributed by atoms with Crippen LogP contribution in [-0.4, -0.2) is 54.7 Å². The van der Waals surface area contributed by atoms with Crippen LogP contribution in [0.5, 0.6) is 11.5 Å². The van der Waals surface area contributed by atoms with Gasteiger partial charge in [-0.2, -0.15) is 8.78 Å². The summed E-state index contributed by atoms with van der Waals surface area (Å²) in [5.74, 6) is -12.6. The van der Waals surface area contributed by atoms with Gasteiger partial charge in [0.05, 0.1) is 6.54 Å². The van der Waals surface area contributed by atoms with Gasteiger partial charge in [-0.15, -0.1) is 11.8 Å². The van der Waals surface area contributed by atoms with Crippen molar-refractivity contribution >= 4 is 17.7 Å². The summed E-state index contributed by atoms with van der Waals surface area (Å²) in [6, 6.07) is 9.08. The van der Waals surface area contributed by atoms with Gasteiger partial charge >= 0.3 is 0 Å². The molecule has 1 aromatic heterocycles. The number of amides is 1. The summed E-state index contributed by atoms with van der Waals surface area (Å²) in [7, 11) is 0. The SMILES string of the molecule is CSc1ccc(COc2coc(CN3CCN(C(=O)COc4c(F)c(F)c(F)c(F)c4F)CC3)cc2=O)cc1. The molecule has 208 valence electrons. The smallest absolute Gasteiger partial charge is 0.260 e. The van der Waals surface area contributed by atoms with E-state index in [4.69, 9.17) is 9.15 Å². The molecule has 0 radical (unpaired) electrons. The summed E-state index contributed by atoms with van der Waals surface area (Å²) in [6.07, 6.45) is 3.23. The normalized spacial score (nSPS) is 13.9. The third-order valence-corrected chi connectivity index (χ3v) is 6.76. The summed E-state index contributed by atoms with van der Waals surface area (Å²) in [6.45, 7) is 0.762. The Bertz CT molecular complexity index is 1370. The maximum Gasteiger partial charge on any atom is 0.260 e. The van der Waals surface area contributed by atoms with E-state index in [-0.39, 0.29) is 37.4 Å². The first kappa shape index (κ1) is 28.4. The Kier molecular flexibility index (Phi) is 9.12. The molecule has 0 saturated carbocycles. The van der Waals surface area contributed by atoms with Crippen molar-refractivity contribution in [2.75, 3.05) is 39.0 Å². The molecule has 0 aliphatic carbocycles. The number of nitrogens with zero attached hydrogens (tertiary/aromatic N) is 2. The van der Waals surface area contributed by atoms with E-state index in [0.29, 0.717) is 18.8 Å². The Morgan fingerprint density at radius 2 is 1.54 bits per heavy atom. The van der Waals surface area contributed by atoms with Crippen molar-refractivity contribution in [1.29, 1.82) is 0 Å². The predicted octanol–water partition coefficient (Wildman–Crippen LogP) is 4.36. The molecule has 4 rings (SSSR count). The molecule has 39 heavy (non-hydrogen) atoms. The first-order valence-corrected chi connectivity index (χ1v) is 12.9. The van der Waals surface area contributed by atoms with Crippen LogP contribution in [0.2, 0.25) is 0 Å². The number of piperazine rings is 1. The van der Waals surface area contributed by atoms with E-state index in [2.05, 4.69) is 4.74 Å². The fourth-order valence-corrected chi connectivity index (χ4v) is 4.23. The van der Waals surface area contributed by atoms with Gasteiger partial charge < -0.3 is 18.8 Å². The van der Waals surface area contributed by atoms with Crippen molar-refractivity contribution in [1.82, 2.24) is 9.80 Å². The first-order valence-electron chi connectivity index (χ1n) is 11.7. The molecule has 2 heterocycles. The van der Waals surface area contributed by atoms with E-state index in [1.54, 1.807) is 11.8 Å². The van der Waals surface area contributed by atoms with E-state index in [9.17, 15) is 31.5 Å². The molecule has 13 heteroatoms. The van der Waals surface area contributed by atoms with Crippen LogP contribution in [0.25, 0.3) is 0 Å². The van der Waals surface area contributed by atoms with Gasteiger partial charge in [-0.3, -0.25) is 14.5 Å². The molecule has 2 aromatic carbocycles. The number of thioether (sulfide) groups is 1. The molecule has 0 unspecified atom stereocenters. The van der Waals surface area contributed by atoms with Crippen LogP contribution in [-0.2, 0) is 17.9 Å². The molecule has 1 amide bonds. The van der Waals surface area contributed by atoms with Gasteiger partial charge in [-0.25, -0.2) is 13.2 Å². The monoisotopic (exact) mass is 570 g/mol. The van der Waals surface area contributed by atoms with Gasteiger partial charge in [0.25, 0.3) is 5.91 Å². The lowest BCUT2D eigenvalue weighted by Crippen LogP contribution is -2.49. The summed E-state index contributed by atoms with van der Waals surface area (Å²) in [5.41, 5.74) is 0.567. The summed E-state index contributed by atoms with van der Waals surface area (Å²) in [4.78, 5) is 29.2. The van der Waals surface area contributed by atoms with Crippen molar-refractivity contribution in [3.8, 4) is 11.5 Å². The van der Waals surface area contributed by atoms with Crippen molar-refractivity contribution < 1.29 is 40.6 Å². The van der Waals surface area contributed by atoms with Crippen LogP contribution in [0.15, 0.2) is 50.7 Å². The second-order valence-electron chi connectivity index (χ2n) is 8.56. The molecule has 1 fully saturated rings. The van der Waals surface area contributed by atoms with Crippen molar-refractivity contribution in [3.05, 3.63) is 87.2 Å². The quantitative estimate of drug-likeness (QED) is 0.164. The van der Waals surface area contributed by atoms with Crippen molar-refractivity contribution in [3.63, 3.8) is 0 Å². The minimum absolute atomic E-state index is 0.0805. The molecule has 0 N–H and O–H groups in total. The van der Waals surface area contributed by atoms with E-state index >= 15 is 0 Å². The van der Waals surface area contributed by atoms with Crippen LogP contribution < -0.4 is 14.9 Å². The molecule has 1 saturated heterocycles. The highest BCUT2D eigenvalue weighted by atomic mass is 32.2. The Hall–Kier alpha value is -3.58. The number of rotatable bonds is 9. The number of benzene rings is 2. The fraction of sp³-hybridized carbons (Fsp3) is 0.308. The summed E-state index contributed by atoms with van der Waals surface area (Å²) in [5, 5.41) is 0. The maximum atomic E-state index is 13.7. The molecule has 3 aromatic rings. The zero-order chi connectivity index (χ0) is 28.1.